The second-order valence-corrected chi connectivity index (χ2v) is 3.94. The van der Waals surface area contributed by atoms with Gasteiger partial charge < -0.3 is 9.30 Å². The Balaban J connectivity index is 2.06. The van der Waals surface area contributed by atoms with Crippen molar-refractivity contribution < 1.29 is 9.53 Å². The van der Waals surface area contributed by atoms with E-state index in [1.807, 2.05) is 41.1 Å². The highest BCUT2D eigenvalue weighted by molar-refractivity contribution is 5.71. The van der Waals surface area contributed by atoms with Crippen LogP contribution in [0.4, 0.5) is 0 Å². The van der Waals surface area contributed by atoms with E-state index < -0.39 is 0 Å². The van der Waals surface area contributed by atoms with Crippen LogP contribution in [0.15, 0.2) is 42.7 Å². The van der Waals surface area contributed by atoms with Gasteiger partial charge in [0.25, 0.3) is 0 Å². The van der Waals surface area contributed by atoms with E-state index >= 15 is 0 Å². The molecule has 0 unspecified atom stereocenters. The second kappa shape index (κ2) is 6.00. The van der Waals surface area contributed by atoms with Gasteiger partial charge in [0.15, 0.2) is 0 Å². The lowest BCUT2D eigenvalue weighted by molar-refractivity contribution is -0.142. The van der Waals surface area contributed by atoms with Crippen molar-refractivity contribution in [2.75, 3.05) is 6.61 Å². The number of esters is 1. The van der Waals surface area contributed by atoms with Gasteiger partial charge in [-0.15, -0.1) is 0 Å². The Morgan fingerprint density at radius 2 is 2.11 bits per heavy atom. The molecule has 1 aromatic carbocycles. The van der Waals surface area contributed by atoms with E-state index in [1.165, 1.54) is 5.56 Å². The summed E-state index contributed by atoms with van der Waals surface area (Å²) < 4.78 is 6.89. The van der Waals surface area contributed by atoms with E-state index in [0.717, 1.165) is 12.4 Å². The van der Waals surface area contributed by atoms with Crippen LogP contribution in [-0.2, 0) is 22.5 Å². The normalized spacial score (nSPS) is 10.3. The van der Waals surface area contributed by atoms with Gasteiger partial charge in [-0.2, -0.15) is 0 Å². The summed E-state index contributed by atoms with van der Waals surface area (Å²) in [6, 6.07) is 10.1. The van der Waals surface area contributed by atoms with Gasteiger partial charge in [0, 0.05) is 18.9 Å². The number of ether oxygens (including phenoxy) is 1. The average Bonchev–Trinajstić information content (AvgIpc) is 2.78. The highest BCUT2D eigenvalue weighted by Gasteiger charge is 2.09. The monoisotopic (exact) mass is 244 g/mol. The van der Waals surface area contributed by atoms with Crippen LogP contribution in [-0.4, -0.2) is 22.1 Å². The molecule has 0 saturated heterocycles. The summed E-state index contributed by atoms with van der Waals surface area (Å²) in [6.07, 6.45) is 3.80. The van der Waals surface area contributed by atoms with E-state index in [1.54, 1.807) is 13.1 Å². The maximum absolute atomic E-state index is 11.4. The Labute approximate surface area is 106 Å². The summed E-state index contributed by atoms with van der Waals surface area (Å²) in [4.78, 5) is 15.6. The molecule has 0 aliphatic rings. The third-order valence-corrected chi connectivity index (χ3v) is 2.61. The molecule has 18 heavy (non-hydrogen) atoms. The molecular weight excluding hydrogens is 228 g/mol. The molecule has 0 aliphatic heterocycles. The van der Waals surface area contributed by atoms with Crippen LogP contribution in [0.2, 0.25) is 0 Å². The first-order valence-corrected chi connectivity index (χ1v) is 5.99. The van der Waals surface area contributed by atoms with Crippen LogP contribution in [0.25, 0.3) is 0 Å². The average molecular weight is 244 g/mol. The first kappa shape index (κ1) is 12.4. The van der Waals surface area contributed by atoms with Crippen LogP contribution < -0.4 is 0 Å². The summed E-state index contributed by atoms with van der Waals surface area (Å²) >= 11 is 0. The number of imidazole rings is 1. The SMILES string of the molecule is CCOC(=O)Cc1nccn1Cc1ccccc1. The zero-order valence-electron chi connectivity index (χ0n) is 10.4. The Kier molecular flexibility index (Phi) is 4.12. The van der Waals surface area contributed by atoms with Gasteiger partial charge in [0.2, 0.25) is 0 Å². The summed E-state index contributed by atoms with van der Waals surface area (Å²) in [6.45, 7) is 2.92. The summed E-state index contributed by atoms with van der Waals surface area (Å²) in [5.74, 6) is 0.496. The molecule has 2 aromatic rings. The van der Waals surface area contributed by atoms with Gasteiger partial charge in [0.05, 0.1) is 6.61 Å². The lowest BCUT2D eigenvalue weighted by Crippen LogP contribution is -2.13. The quantitative estimate of drug-likeness (QED) is 0.756. The molecule has 0 aliphatic carbocycles. The smallest absolute Gasteiger partial charge is 0.313 e. The van der Waals surface area contributed by atoms with Crippen molar-refractivity contribution in [1.29, 1.82) is 0 Å². The predicted octanol–water partition coefficient (Wildman–Crippen LogP) is 2.04. The molecule has 1 heterocycles. The fourth-order valence-corrected chi connectivity index (χ4v) is 1.77. The molecule has 4 nitrogen and oxygen atoms in total. The van der Waals surface area contributed by atoms with Crippen molar-refractivity contribution >= 4 is 5.97 Å². The molecule has 0 amide bonds. The van der Waals surface area contributed by atoms with Gasteiger partial charge in [-0.25, -0.2) is 4.98 Å². The maximum atomic E-state index is 11.4. The molecule has 0 atom stereocenters. The van der Waals surface area contributed by atoms with Crippen LogP contribution >= 0.6 is 0 Å². The molecule has 0 bridgehead atoms. The molecule has 0 radical (unpaired) electrons. The first-order chi connectivity index (χ1) is 8.79. The number of hydrogen-bond acceptors (Lipinski definition) is 3. The van der Waals surface area contributed by atoms with Gasteiger partial charge in [-0.05, 0) is 12.5 Å². The van der Waals surface area contributed by atoms with Gasteiger partial charge in [0.1, 0.15) is 12.2 Å². The van der Waals surface area contributed by atoms with E-state index in [9.17, 15) is 4.79 Å². The fourth-order valence-electron chi connectivity index (χ4n) is 1.77. The van der Waals surface area contributed by atoms with Crippen molar-refractivity contribution in [3.63, 3.8) is 0 Å². The highest BCUT2D eigenvalue weighted by atomic mass is 16.5. The molecule has 4 heteroatoms. The number of carbonyl (C=O) groups is 1. The van der Waals surface area contributed by atoms with Crippen LogP contribution in [0, 0.1) is 0 Å². The number of rotatable bonds is 5. The Morgan fingerprint density at radius 3 is 2.83 bits per heavy atom. The second-order valence-electron chi connectivity index (χ2n) is 3.94. The lowest BCUT2D eigenvalue weighted by atomic mass is 10.2. The number of benzene rings is 1. The van der Waals surface area contributed by atoms with Crippen molar-refractivity contribution in [1.82, 2.24) is 9.55 Å². The zero-order chi connectivity index (χ0) is 12.8. The van der Waals surface area contributed by atoms with E-state index in [0.29, 0.717) is 6.61 Å². The van der Waals surface area contributed by atoms with Gasteiger partial charge in [-0.3, -0.25) is 4.79 Å². The molecule has 0 fully saturated rings. The van der Waals surface area contributed by atoms with E-state index in [4.69, 9.17) is 4.74 Å². The van der Waals surface area contributed by atoms with Crippen molar-refractivity contribution in [2.24, 2.45) is 0 Å². The summed E-state index contributed by atoms with van der Waals surface area (Å²) in [5, 5.41) is 0. The van der Waals surface area contributed by atoms with Crippen molar-refractivity contribution in [3.05, 3.63) is 54.1 Å². The fraction of sp³-hybridized carbons (Fsp3) is 0.286. The maximum Gasteiger partial charge on any atom is 0.313 e. The largest absolute Gasteiger partial charge is 0.466 e. The number of hydrogen-bond donors (Lipinski definition) is 0. The minimum atomic E-state index is -0.238. The molecule has 0 saturated carbocycles. The zero-order valence-corrected chi connectivity index (χ0v) is 10.4. The lowest BCUT2D eigenvalue weighted by Gasteiger charge is -2.07. The summed E-state index contributed by atoms with van der Waals surface area (Å²) in [7, 11) is 0. The minimum absolute atomic E-state index is 0.216. The number of aromatic nitrogens is 2. The summed E-state index contributed by atoms with van der Waals surface area (Å²) in [5.41, 5.74) is 1.18. The van der Waals surface area contributed by atoms with E-state index in [-0.39, 0.29) is 12.4 Å². The number of nitrogens with zero attached hydrogens (tertiary/aromatic N) is 2. The predicted molar refractivity (Wildman–Crippen MR) is 68.1 cm³/mol. The number of carbonyl (C=O) groups excluding carboxylic acids is 1. The first-order valence-electron chi connectivity index (χ1n) is 5.99. The molecule has 1 aromatic heterocycles. The van der Waals surface area contributed by atoms with Gasteiger partial charge >= 0.3 is 5.97 Å². The third-order valence-electron chi connectivity index (χ3n) is 2.61. The van der Waals surface area contributed by atoms with Crippen LogP contribution in [0.5, 0.6) is 0 Å². The molecule has 94 valence electrons. The van der Waals surface area contributed by atoms with Crippen molar-refractivity contribution in [3.8, 4) is 0 Å². The van der Waals surface area contributed by atoms with Crippen LogP contribution in [0.1, 0.15) is 18.3 Å². The van der Waals surface area contributed by atoms with Crippen LogP contribution in [0.3, 0.4) is 0 Å². The molecule has 0 N–H and O–H groups in total. The Hall–Kier alpha value is -2.10. The highest BCUT2D eigenvalue weighted by Crippen LogP contribution is 2.06. The Bertz CT molecular complexity index is 506. The van der Waals surface area contributed by atoms with Gasteiger partial charge in [-0.1, -0.05) is 30.3 Å². The van der Waals surface area contributed by atoms with E-state index in [2.05, 4.69) is 4.98 Å². The third kappa shape index (κ3) is 3.20. The molecule has 2 rings (SSSR count). The topological polar surface area (TPSA) is 44.1 Å². The van der Waals surface area contributed by atoms with Crippen molar-refractivity contribution in [2.45, 2.75) is 19.9 Å². The minimum Gasteiger partial charge on any atom is -0.466 e. The molecule has 0 spiro atoms. The molecular formula is C14H16N2O2. The Morgan fingerprint density at radius 1 is 1.33 bits per heavy atom. The standard InChI is InChI=1S/C14H16N2O2/c1-2-18-14(17)10-13-15-8-9-16(13)11-12-6-4-3-5-7-12/h3-9H,2,10-11H2,1H3.